The van der Waals surface area contributed by atoms with E-state index in [1.54, 1.807) is 0 Å². The van der Waals surface area contributed by atoms with Crippen LogP contribution in [0.5, 0.6) is 0 Å². The zero-order chi connectivity index (χ0) is 11.6. The van der Waals surface area contributed by atoms with Gasteiger partial charge in [0.1, 0.15) is 0 Å². The molecule has 0 aliphatic carbocycles. The van der Waals surface area contributed by atoms with Crippen LogP contribution < -0.4 is 5.73 Å². The van der Waals surface area contributed by atoms with Crippen LogP contribution in [0.2, 0.25) is 0 Å². The first-order chi connectivity index (χ1) is 6.82. The van der Waals surface area contributed by atoms with E-state index in [0.29, 0.717) is 19.7 Å². The van der Waals surface area contributed by atoms with Gasteiger partial charge in [0.05, 0.1) is 18.8 Å². The van der Waals surface area contributed by atoms with Crippen LogP contribution in [0.15, 0.2) is 0 Å². The summed E-state index contributed by atoms with van der Waals surface area (Å²) in [7, 11) is 0. The van der Waals surface area contributed by atoms with Gasteiger partial charge in [0.15, 0.2) is 0 Å². The summed E-state index contributed by atoms with van der Waals surface area (Å²) in [6.45, 7) is 9.86. The Labute approximate surface area is 91.8 Å². The number of hydrogen-bond donors (Lipinski definition) is 1. The van der Waals surface area contributed by atoms with Crippen molar-refractivity contribution in [2.24, 2.45) is 11.1 Å². The molecule has 0 spiro atoms. The van der Waals surface area contributed by atoms with Crippen LogP contribution in [0, 0.1) is 5.41 Å². The number of rotatable bonds is 1. The Morgan fingerprint density at radius 2 is 2.13 bits per heavy atom. The van der Waals surface area contributed by atoms with Crippen LogP contribution in [0.25, 0.3) is 0 Å². The van der Waals surface area contributed by atoms with Gasteiger partial charge in [0.2, 0.25) is 5.91 Å². The normalized spacial score (nSPS) is 25.1. The summed E-state index contributed by atoms with van der Waals surface area (Å²) in [6.07, 6.45) is 0.120. The zero-order valence-corrected chi connectivity index (χ0v) is 10.1. The maximum atomic E-state index is 12.0. The van der Waals surface area contributed by atoms with Gasteiger partial charge in [-0.1, -0.05) is 20.8 Å². The topological polar surface area (TPSA) is 55.6 Å². The first-order valence-electron chi connectivity index (χ1n) is 5.48. The molecule has 1 aliphatic heterocycles. The SMILES string of the molecule is C[C@H]1CN(C(=O)[C@@H](N)C(C)(C)C)CCO1. The second-order valence-electron chi connectivity index (χ2n) is 5.31. The molecule has 15 heavy (non-hydrogen) atoms. The van der Waals surface area contributed by atoms with Crippen LogP contribution in [-0.2, 0) is 9.53 Å². The van der Waals surface area contributed by atoms with Gasteiger partial charge in [0, 0.05) is 13.1 Å². The van der Waals surface area contributed by atoms with E-state index in [4.69, 9.17) is 10.5 Å². The van der Waals surface area contributed by atoms with E-state index in [1.165, 1.54) is 0 Å². The molecule has 0 aromatic carbocycles. The second-order valence-corrected chi connectivity index (χ2v) is 5.31. The van der Waals surface area contributed by atoms with E-state index in [0.717, 1.165) is 0 Å². The van der Waals surface area contributed by atoms with Crippen LogP contribution in [0.4, 0.5) is 0 Å². The van der Waals surface area contributed by atoms with E-state index < -0.39 is 6.04 Å². The monoisotopic (exact) mass is 214 g/mol. The fraction of sp³-hybridized carbons (Fsp3) is 0.909. The third-order valence-electron chi connectivity index (χ3n) is 2.75. The van der Waals surface area contributed by atoms with Crippen molar-refractivity contribution in [2.45, 2.75) is 39.8 Å². The van der Waals surface area contributed by atoms with Crippen molar-refractivity contribution in [1.29, 1.82) is 0 Å². The summed E-state index contributed by atoms with van der Waals surface area (Å²) < 4.78 is 5.39. The Kier molecular flexibility index (Phi) is 3.73. The molecule has 1 saturated heterocycles. The lowest BCUT2D eigenvalue weighted by Gasteiger charge is -2.36. The molecule has 1 fully saturated rings. The van der Waals surface area contributed by atoms with E-state index in [-0.39, 0.29) is 17.4 Å². The second kappa shape index (κ2) is 4.49. The minimum atomic E-state index is -0.428. The van der Waals surface area contributed by atoms with Gasteiger partial charge in [-0.3, -0.25) is 4.79 Å². The molecule has 2 atom stereocenters. The van der Waals surface area contributed by atoms with E-state index in [9.17, 15) is 4.79 Å². The van der Waals surface area contributed by atoms with Crippen LogP contribution in [0.3, 0.4) is 0 Å². The van der Waals surface area contributed by atoms with Crippen molar-refractivity contribution in [3.8, 4) is 0 Å². The number of ether oxygens (including phenoxy) is 1. The van der Waals surface area contributed by atoms with Gasteiger partial charge >= 0.3 is 0 Å². The highest BCUT2D eigenvalue weighted by atomic mass is 16.5. The first-order valence-corrected chi connectivity index (χ1v) is 5.48. The van der Waals surface area contributed by atoms with Crippen molar-refractivity contribution in [1.82, 2.24) is 4.90 Å². The minimum Gasteiger partial charge on any atom is -0.375 e. The fourth-order valence-electron chi connectivity index (χ4n) is 1.59. The van der Waals surface area contributed by atoms with Gasteiger partial charge in [-0.25, -0.2) is 0 Å². The van der Waals surface area contributed by atoms with Crippen LogP contribution >= 0.6 is 0 Å². The largest absolute Gasteiger partial charge is 0.375 e. The number of nitrogens with zero attached hydrogens (tertiary/aromatic N) is 1. The highest BCUT2D eigenvalue weighted by Gasteiger charge is 2.32. The molecule has 0 radical (unpaired) electrons. The van der Waals surface area contributed by atoms with Crippen LogP contribution in [-0.4, -0.2) is 42.6 Å². The maximum absolute atomic E-state index is 12.0. The Balaban J connectivity index is 2.60. The number of hydrogen-bond acceptors (Lipinski definition) is 3. The van der Waals surface area contributed by atoms with Crippen molar-refractivity contribution in [2.75, 3.05) is 19.7 Å². The molecule has 0 bridgehead atoms. The molecule has 2 N–H and O–H groups in total. The summed E-state index contributed by atoms with van der Waals surface area (Å²) in [5.41, 5.74) is 5.76. The molecule has 0 saturated carbocycles. The molecule has 1 heterocycles. The number of carbonyl (C=O) groups excluding carboxylic acids is 1. The van der Waals surface area contributed by atoms with Crippen LogP contribution in [0.1, 0.15) is 27.7 Å². The lowest BCUT2D eigenvalue weighted by Crippen LogP contribution is -2.54. The summed E-state index contributed by atoms with van der Waals surface area (Å²) in [5, 5.41) is 0. The predicted octanol–water partition coefficient (Wildman–Crippen LogP) is 0.607. The molecule has 0 unspecified atom stereocenters. The predicted molar refractivity (Wildman–Crippen MR) is 59.4 cm³/mol. The molecule has 1 rings (SSSR count). The zero-order valence-electron chi connectivity index (χ0n) is 10.1. The smallest absolute Gasteiger partial charge is 0.240 e. The minimum absolute atomic E-state index is 0.0395. The summed E-state index contributed by atoms with van der Waals surface area (Å²) in [4.78, 5) is 13.8. The Morgan fingerprint density at radius 1 is 1.53 bits per heavy atom. The van der Waals surface area contributed by atoms with E-state index >= 15 is 0 Å². The van der Waals surface area contributed by atoms with Gasteiger partial charge in [0.25, 0.3) is 0 Å². The molecule has 0 aromatic rings. The highest BCUT2D eigenvalue weighted by Crippen LogP contribution is 2.20. The maximum Gasteiger partial charge on any atom is 0.240 e. The summed E-state index contributed by atoms with van der Waals surface area (Å²) in [6, 6.07) is -0.428. The molecular weight excluding hydrogens is 192 g/mol. The lowest BCUT2D eigenvalue weighted by atomic mass is 9.86. The van der Waals surface area contributed by atoms with Crippen molar-refractivity contribution in [3.05, 3.63) is 0 Å². The molecule has 1 amide bonds. The molecule has 88 valence electrons. The van der Waals surface area contributed by atoms with Gasteiger partial charge < -0.3 is 15.4 Å². The summed E-state index contributed by atoms with van der Waals surface area (Å²) >= 11 is 0. The molecular formula is C11H22N2O2. The van der Waals surface area contributed by atoms with Crippen molar-refractivity contribution < 1.29 is 9.53 Å². The number of nitrogens with two attached hydrogens (primary N) is 1. The molecule has 4 heteroatoms. The van der Waals surface area contributed by atoms with Crippen molar-refractivity contribution in [3.63, 3.8) is 0 Å². The molecule has 0 aromatic heterocycles. The summed E-state index contributed by atoms with van der Waals surface area (Å²) in [5.74, 6) is 0.0395. The number of amides is 1. The molecule has 4 nitrogen and oxygen atoms in total. The van der Waals surface area contributed by atoms with E-state index in [1.807, 2.05) is 32.6 Å². The fourth-order valence-corrected chi connectivity index (χ4v) is 1.59. The average Bonchev–Trinajstić information content (AvgIpc) is 2.14. The standard InChI is InChI=1S/C11H22N2O2/c1-8-7-13(5-6-15-8)10(14)9(12)11(2,3)4/h8-9H,5-7,12H2,1-4H3/t8-,9+/m0/s1. The number of carbonyl (C=O) groups is 1. The van der Waals surface area contributed by atoms with Gasteiger partial charge in [-0.15, -0.1) is 0 Å². The van der Waals surface area contributed by atoms with Gasteiger partial charge in [-0.05, 0) is 12.3 Å². The molecule has 1 aliphatic rings. The van der Waals surface area contributed by atoms with Gasteiger partial charge in [-0.2, -0.15) is 0 Å². The average molecular weight is 214 g/mol. The third-order valence-corrected chi connectivity index (χ3v) is 2.75. The number of morpholine rings is 1. The Hall–Kier alpha value is -0.610. The first kappa shape index (κ1) is 12.5. The Bertz CT molecular complexity index is 235. The van der Waals surface area contributed by atoms with E-state index in [2.05, 4.69) is 0 Å². The third kappa shape index (κ3) is 3.18. The lowest BCUT2D eigenvalue weighted by molar-refractivity contribution is -0.141. The quantitative estimate of drug-likeness (QED) is 0.695. The van der Waals surface area contributed by atoms with Crippen molar-refractivity contribution >= 4 is 5.91 Å². The Morgan fingerprint density at radius 3 is 2.60 bits per heavy atom. The highest BCUT2D eigenvalue weighted by molar-refractivity contribution is 5.82.